The molecule has 1 fully saturated rings. The normalized spacial score (nSPS) is 17.1. The fourth-order valence-corrected chi connectivity index (χ4v) is 3.66. The molecule has 1 aliphatic rings. The molecule has 1 saturated heterocycles. The highest BCUT2D eigenvalue weighted by Gasteiger charge is 2.23. The quantitative estimate of drug-likeness (QED) is 0.698. The number of hydrogen-bond acceptors (Lipinski definition) is 6. The van der Waals surface area contributed by atoms with Gasteiger partial charge in [-0.3, -0.25) is 4.79 Å². The molecule has 1 unspecified atom stereocenters. The molecule has 0 radical (unpaired) electrons. The fourth-order valence-electron chi connectivity index (χ4n) is 3.66. The Labute approximate surface area is 163 Å². The van der Waals surface area contributed by atoms with E-state index in [4.69, 9.17) is 4.42 Å². The number of aryl methyl sites for hydroxylation is 1. The summed E-state index contributed by atoms with van der Waals surface area (Å²) in [5.74, 6) is 2.45. The largest absolute Gasteiger partial charge is 0.464 e. The first-order valence-corrected chi connectivity index (χ1v) is 9.63. The van der Waals surface area contributed by atoms with Gasteiger partial charge in [0, 0.05) is 31.5 Å². The highest BCUT2D eigenvalue weighted by Crippen LogP contribution is 2.22. The van der Waals surface area contributed by atoms with E-state index >= 15 is 0 Å². The van der Waals surface area contributed by atoms with Crippen LogP contribution >= 0.6 is 0 Å². The highest BCUT2D eigenvalue weighted by atomic mass is 16.4. The average molecular weight is 383 g/mol. The molecule has 1 N–H and O–H groups in total. The van der Waals surface area contributed by atoms with Crippen molar-refractivity contribution in [1.82, 2.24) is 24.5 Å². The van der Waals surface area contributed by atoms with Gasteiger partial charge in [0.25, 0.3) is 5.56 Å². The number of aliphatic hydroxyl groups excluding tert-OH is 1. The molecule has 3 aromatic heterocycles. The summed E-state index contributed by atoms with van der Waals surface area (Å²) in [5.41, 5.74) is -0.0954. The van der Waals surface area contributed by atoms with Crippen LogP contribution in [0.3, 0.4) is 0 Å². The van der Waals surface area contributed by atoms with Crippen LogP contribution in [-0.4, -0.2) is 49.2 Å². The molecule has 4 heterocycles. The maximum Gasteiger partial charge on any atom is 0.266 e. The minimum absolute atomic E-state index is 0.0954. The van der Waals surface area contributed by atoms with Gasteiger partial charge in [0.2, 0.25) is 0 Å². The lowest BCUT2D eigenvalue weighted by atomic mass is 9.96. The number of rotatable bonds is 6. The number of hydrogen-bond donors (Lipinski definition) is 1. The molecule has 8 heteroatoms. The van der Waals surface area contributed by atoms with E-state index < -0.39 is 6.10 Å². The van der Waals surface area contributed by atoms with Crippen molar-refractivity contribution in [3.63, 3.8) is 0 Å². The summed E-state index contributed by atoms with van der Waals surface area (Å²) in [4.78, 5) is 14.4. The van der Waals surface area contributed by atoms with E-state index in [9.17, 15) is 9.90 Å². The summed E-state index contributed by atoms with van der Waals surface area (Å²) >= 11 is 0. The van der Waals surface area contributed by atoms with Crippen LogP contribution in [0, 0.1) is 12.8 Å². The van der Waals surface area contributed by atoms with E-state index in [0.717, 1.165) is 31.7 Å². The smallest absolute Gasteiger partial charge is 0.266 e. The van der Waals surface area contributed by atoms with Crippen molar-refractivity contribution in [1.29, 1.82) is 0 Å². The molecule has 1 atom stereocenters. The molecule has 148 valence electrons. The predicted octanol–water partition coefficient (Wildman–Crippen LogP) is 1.78. The Hall–Kier alpha value is -2.71. The lowest BCUT2D eigenvalue weighted by Crippen LogP contribution is -2.38. The van der Waals surface area contributed by atoms with Gasteiger partial charge < -0.3 is 14.4 Å². The zero-order chi connectivity index (χ0) is 19.5. The molecule has 0 aliphatic carbocycles. The number of piperidine rings is 1. The van der Waals surface area contributed by atoms with Gasteiger partial charge >= 0.3 is 0 Å². The zero-order valence-corrected chi connectivity index (χ0v) is 15.9. The number of β-amino-alcohol motifs (C(OH)–C–C–N with tert-alkyl or cyclic N) is 1. The molecule has 0 amide bonds. The number of furan rings is 1. The third kappa shape index (κ3) is 4.23. The van der Waals surface area contributed by atoms with Crippen molar-refractivity contribution >= 4 is 0 Å². The van der Waals surface area contributed by atoms with Crippen LogP contribution in [0.2, 0.25) is 0 Å². The van der Waals surface area contributed by atoms with Crippen molar-refractivity contribution in [3.05, 3.63) is 64.6 Å². The first-order valence-electron chi connectivity index (χ1n) is 9.63. The molecule has 8 nitrogen and oxygen atoms in total. The molecule has 4 rings (SSSR count). The molecule has 0 aromatic carbocycles. The van der Waals surface area contributed by atoms with Gasteiger partial charge in [-0.05, 0) is 63.0 Å². The molecular formula is C20H25N5O3. The van der Waals surface area contributed by atoms with Crippen LogP contribution in [0.4, 0.5) is 0 Å². The van der Waals surface area contributed by atoms with Crippen LogP contribution < -0.4 is 5.56 Å². The lowest BCUT2D eigenvalue weighted by molar-refractivity contribution is 0.0719. The van der Waals surface area contributed by atoms with E-state index in [0.29, 0.717) is 30.6 Å². The molecule has 0 saturated carbocycles. The van der Waals surface area contributed by atoms with E-state index in [2.05, 4.69) is 15.1 Å². The minimum Gasteiger partial charge on any atom is -0.464 e. The van der Waals surface area contributed by atoms with E-state index in [1.54, 1.807) is 23.0 Å². The monoisotopic (exact) mass is 383 g/mol. The minimum atomic E-state index is -0.611. The van der Waals surface area contributed by atoms with E-state index in [1.807, 2.05) is 31.3 Å². The second-order valence-electron chi connectivity index (χ2n) is 7.37. The van der Waals surface area contributed by atoms with Gasteiger partial charge in [0.15, 0.2) is 5.82 Å². The third-order valence-corrected chi connectivity index (χ3v) is 5.25. The Morgan fingerprint density at radius 3 is 2.75 bits per heavy atom. The topological polar surface area (TPSA) is 89.3 Å². The summed E-state index contributed by atoms with van der Waals surface area (Å²) in [6.45, 7) is 4.80. The lowest BCUT2D eigenvalue weighted by Gasteiger charge is -2.32. The van der Waals surface area contributed by atoms with Crippen LogP contribution in [0.1, 0.15) is 30.5 Å². The first-order chi connectivity index (χ1) is 13.6. The number of aliphatic hydroxyl groups is 1. The standard InChI is InChI=1S/C20H25N5O3/c1-15-3-4-18(28-15)17(26)14-23-11-7-16(8-12-23)13-25-20(27)6-5-19(22-25)24-10-2-9-21-24/h2-6,9-10,16-17,26H,7-8,11-14H2,1H3. The van der Waals surface area contributed by atoms with Crippen LogP contribution in [0.5, 0.6) is 0 Å². The highest BCUT2D eigenvalue weighted by molar-refractivity contribution is 5.17. The summed E-state index contributed by atoms with van der Waals surface area (Å²) in [7, 11) is 0. The number of nitrogens with zero attached hydrogens (tertiary/aromatic N) is 5. The molecule has 0 bridgehead atoms. The molecule has 28 heavy (non-hydrogen) atoms. The van der Waals surface area contributed by atoms with Gasteiger partial charge in [0.05, 0.1) is 0 Å². The van der Waals surface area contributed by atoms with Gasteiger partial charge in [-0.25, -0.2) is 9.36 Å². The van der Waals surface area contributed by atoms with Crippen molar-refractivity contribution < 1.29 is 9.52 Å². The van der Waals surface area contributed by atoms with E-state index in [1.165, 1.54) is 4.68 Å². The average Bonchev–Trinajstić information content (AvgIpc) is 3.37. The Bertz CT molecular complexity index is 954. The third-order valence-electron chi connectivity index (χ3n) is 5.25. The van der Waals surface area contributed by atoms with Gasteiger partial charge in [0.1, 0.15) is 17.6 Å². The Morgan fingerprint density at radius 2 is 2.07 bits per heavy atom. The summed E-state index contributed by atoms with van der Waals surface area (Å²) in [5, 5.41) is 19.0. The number of likely N-dealkylation sites (tertiary alicyclic amines) is 1. The Morgan fingerprint density at radius 1 is 1.25 bits per heavy atom. The fraction of sp³-hybridized carbons (Fsp3) is 0.450. The van der Waals surface area contributed by atoms with Crippen LogP contribution in [0.25, 0.3) is 5.82 Å². The van der Waals surface area contributed by atoms with Crippen molar-refractivity contribution in [2.45, 2.75) is 32.4 Å². The molecule has 1 aliphatic heterocycles. The number of aromatic nitrogens is 4. The maximum absolute atomic E-state index is 12.2. The summed E-state index contributed by atoms with van der Waals surface area (Å²) in [6.07, 6.45) is 4.81. The predicted molar refractivity (Wildman–Crippen MR) is 103 cm³/mol. The molecule has 3 aromatic rings. The Kier molecular flexibility index (Phi) is 5.40. The van der Waals surface area contributed by atoms with Gasteiger partial charge in [-0.1, -0.05) is 0 Å². The SMILES string of the molecule is Cc1ccc(C(O)CN2CCC(Cn3nc(-n4cccn4)ccc3=O)CC2)o1. The van der Waals surface area contributed by atoms with Gasteiger partial charge in [-0.2, -0.15) is 5.10 Å². The second kappa shape index (κ2) is 8.12. The van der Waals surface area contributed by atoms with Crippen LogP contribution in [0.15, 0.2) is 51.9 Å². The molecule has 0 spiro atoms. The molecular weight excluding hydrogens is 358 g/mol. The summed E-state index contributed by atoms with van der Waals surface area (Å²) < 4.78 is 8.70. The zero-order valence-electron chi connectivity index (χ0n) is 15.9. The van der Waals surface area contributed by atoms with Crippen molar-refractivity contribution in [2.24, 2.45) is 5.92 Å². The second-order valence-corrected chi connectivity index (χ2v) is 7.37. The van der Waals surface area contributed by atoms with Crippen molar-refractivity contribution in [2.75, 3.05) is 19.6 Å². The first kappa shape index (κ1) is 18.6. The maximum atomic E-state index is 12.2. The summed E-state index contributed by atoms with van der Waals surface area (Å²) in [6, 6.07) is 8.75. The van der Waals surface area contributed by atoms with E-state index in [-0.39, 0.29) is 5.56 Å². The van der Waals surface area contributed by atoms with Crippen LogP contribution in [-0.2, 0) is 6.54 Å². The Balaban J connectivity index is 1.33. The van der Waals surface area contributed by atoms with Gasteiger partial charge in [-0.15, -0.1) is 5.10 Å². The van der Waals surface area contributed by atoms with Crippen molar-refractivity contribution in [3.8, 4) is 5.82 Å².